The fourth-order valence-corrected chi connectivity index (χ4v) is 4.25. The highest BCUT2D eigenvalue weighted by molar-refractivity contribution is 6.07. The van der Waals surface area contributed by atoms with E-state index in [0.717, 1.165) is 16.8 Å². The van der Waals surface area contributed by atoms with Crippen LogP contribution < -0.4 is 11.1 Å². The topological polar surface area (TPSA) is 110 Å². The molecule has 0 radical (unpaired) electrons. The summed E-state index contributed by atoms with van der Waals surface area (Å²) in [6.07, 6.45) is -4.64. The number of aromatic nitrogens is 4. The molecule has 2 amide bonds. The average molecular weight is 474 g/mol. The Bertz CT molecular complexity index is 1540. The smallest absolute Gasteiger partial charge is 0.351 e. The first-order valence-electron chi connectivity index (χ1n) is 10.5. The van der Waals surface area contributed by atoms with Crippen molar-refractivity contribution in [3.8, 4) is 33.6 Å². The van der Waals surface area contributed by atoms with Crippen molar-refractivity contribution in [1.29, 1.82) is 0 Å². The Labute approximate surface area is 196 Å². The molecule has 10 heteroatoms. The van der Waals surface area contributed by atoms with Crippen LogP contribution in [0.25, 0.3) is 44.4 Å². The molecule has 0 saturated heterocycles. The van der Waals surface area contributed by atoms with Gasteiger partial charge in [0, 0.05) is 5.56 Å². The van der Waals surface area contributed by atoms with Gasteiger partial charge in [-0.25, -0.2) is 4.79 Å². The number of nitrogens with one attached hydrogen (secondary N) is 2. The summed E-state index contributed by atoms with van der Waals surface area (Å²) in [4.78, 5) is 11.8. The zero-order valence-electron chi connectivity index (χ0n) is 18.0. The fraction of sp³-hybridized carbons (Fsp3) is 0.0400. The summed E-state index contributed by atoms with van der Waals surface area (Å²) in [6, 6.07) is 20.7. The molecule has 0 unspecified atom stereocenters. The highest BCUT2D eigenvalue weighted by Crippen LogP contribution is 2.48. The van der Waals surface area contributed by atoms with Crippen LogP contribution in [0.1, 0.15) is 5.56 Å². The summed E-state index contributed by atoms with van der Waals surface area (Å²) in [5.41, 5.74) is 6.09. The van der Waals surface area contributed by atoms with Gasteiger partial charge in [0.05, 0.1) is 16.8 Å². The van der Waals surface area contributed by atoms with Crippen molar-refractivity contribution in [1.82, 2.24) is 20.6 Å². The molecule has 5 aromatic rings. The first-order valence-corrected chi connectivity index (χ1v) is 10.5. The van der Waals surface area contributed by atoms with E-state index in [-0.39, 0.29) is 28.2 Å². The van der Waals surface area contributed by atoms with Gasteiger partial charge in [-0.2, -0.15) is 18.4 Å². The van der Waals surface area contributed by atoms with E-state index in [1.54, 1.807) is 12.1 Å². The molecule has 1 aromatic heterocycles. The minimum Gasteiger partial charge on any atom is -0.351 e. The molecule has 35 heavy (non-hydrogen) atoms. The van der Waals surface area contributed by atoms with Gasteiger partial charge in [-0.05, 0) is 44.8 Å². The molecule has 0 atom stereocenters. The Kier molecular flexibility index (Phi) is 5.40. The predicted octanol–water partition coefficient (Wildman–Crippen LogP) is 5.86. The van der Waals surface area contributed by atoms with Crippen molar-refractivity contribution in [2.75, 3.05) is 5.32 Å². The van der Waals surface area contributed by atoms with Crippen LogP contribution in [-0.4, -0.2) is 26.7 Å². The van der Waals surface area contributed by atoms with Gasteiger partial charge in [0.25, 0.3) is 0 Å². The maximum atomic E-state index is 14.2. The van der Waals surface area contributed by atoms with Crippen LogP contribution >= 0.6 is 0 Å². The zero-order chi connectivity index (χ0) is 24.6. The Morgan fingerprint density at radius 1 is 0.829 bits per heavy atom. The number of benzene rings is 4. The van der Waals surface area contributed by atoms with Gasteiger partial charge in [0.2, 0.25) is 5.82 Å². The van der Waals surface area contributed by atoms with E-state index in [4.69, 9.17) is 5.73 Å². The summed E-state index contributed by atoms with van der Waals surface area (Å²) < 4.78 is 42.5. The molecule has 1 heterocycles. The highest BCUT2D eigenvalue weighted by atomic mass is 19.4. The van der Waals surface area contributed by atoms with Crippen LogP contribution in [0.2, 0.25) is 0 Å². The molecule has 0 spiro atoms. The summed E-state index contributed by atoms with van der Waals surface area (Å²) in [5, 5.41) is 18.2. The van der Waals surface area contributed by atoms with E-state index in [0.29, 0.717) is 11.1 Å². The van der Waals surface area contributed by atoms with Crippen LogP contribution in [0.3, 0.4) is 0 Å². The molecule has 0 fully saturated rings. The van der Waals surface area contributed by atoms with E-state index >= 15 is 0 Å². The van der Waals surface area contributed by atoms with Gasteiger partial charge in [-0.15, -0.1) is 10.2 Å². The Balaban J connectivity index is 1.96. The largest absolute Gasteiger partial charge is 0.417 e. The molecular weight excluding hydrogens is 457 g/mol. The highest BCUT2D eigenvalue weighted by Gasteiger charge is 2.35. The molecule has 0 saturated carbocycles. The second-order valence-electron chi connectivity index (χ2n) is 7.71. The van der Waals surface area contributed by atoms with E-state index in [1.165, 1.54) is 18.2 Å². The lowest BCUT2D eigenvalue weighted by Gasteiger charge is -2.21. The van der Waals surface area contributed by atoms with Gasteiger partial charge in [0.15, 0.2) is 0 Å². The standard InChI is InChI=1S/C25H17F3N6O/c26-25(27,28)19-11-4-3-9-18(19)21-17(16-10-5-7-14-6-1-2-8-15(14)16)12-13-20(30-24(29)35)22(21)23-31-33-34-32-23/h1-13H,(H3,29,30,35)(H,31,32,33,34). The number of alkyl halides is 3. The first kappa shape index (κ1) is 22.1. The van der Waals surface area contributed by atoms with E-state index in [9.17, 15) is 18.0 Å². The second kappa shape index (κ2) is 8.56. The number of anilines is 1. The second-order valence-corrected chi connectivity index (χ2v) is 7.71. The summed E-state index contributed by atoms with van der Waals surface area (Å²) in [5.74, 6) is 0.00261. The molecular formula is C25H17F3N6O. The average Bonchev–Trinajstić information content (AvgIpc) is 3.37. The molecule has 4 N–H and O–H groups in total. The van der Waals surface area contributed by atoms with E-state index < -0.39 is 17.8 Å². The number of rotatable bonds is 4. The number of tetrazole rings is 1. The van der Waals surface area contributed by atoms with Crippen LogP contribution in [0.5, 0.6) is 0 Å². The lowest BCUT2D eigenvalue weighted by atomic mass is 9.85. The number of carbonyl (C=O) groups excluding carboxylic acids is 1. The summed E-state index contributed by atoms with van der Waals surface area (Å²) >= 11 is 0. The quantitative estimate of drug-likeness (QED) is 0.303. The fourth-order valence-electron chi connectivity index (χ4n) is 4.25. The third-order valence-corrected chi connectivity index (χ3v) is 5.61. The van der Waals surface area contributed by atoms with Crippen molar-refractivity contribution in [2.24, 2.45) is 5.73 Å². The predicted molar refractivity (Wildman–Crippen MR) is 126 cm³/mol. The van der Waals surface area contributed by atoms with Crippen LogP contribution in [0.15, 0.2) is 78.9 Å². The number of nitrogens with two attached hydrogens (primary N) is 1. The number of aromatic amines is 1. The van der Waals surface area contributed by atoms with E-state index in [2.05, 4.69) is 25.9 Å². The Morgan fingerprint density at radius 3 is 2.29 bits per heavy atom. The third kappa shape index (κ3) is 4.05. The molecule has 0 aliphatic heterocycles. The molecule has 7 nitrogen and oxygen atoms in total. The molecule has 0 aliphatic carbocycles. The molecule has 0 bridgehead atoms. The number of carbonyl (C=O) groups is 1. The maximum absolute atomic E-state index is 14.2. The molecule has 5 rings (SSSR count). The van der Waals surface area contributed by atoms with Crippen LogP contribution in [-0.2, 0) is 6.18 Å². The Morgan fingerprint density at radius 2 is 1.54 bits per heavy atom. The zero-order valence-corrected chi connectivity index (χ0v) is 18.0. The van der Waals surface area contributed by atoms with Crippen LogP contribution in [0, 0.1) is 0 Å². The van der Waals surface area contributed by atoms with Crippen molar-refractivity contribution < 1.29 is 18.0 Å². The van der Waals surface area contributed by atoms with Crippen molar-refractivity contribution in [3.05, 3.63) is 84.4 Å². The van der Waals surface area contributed by atoms with Gasteiger partial charge in [-0.3, -0.25) is 0 Å². The maximum Gasteiger partial charge on any atom is 0.417 e. The number of primary amides is 1. The van der Waals surface area contributed by atoms with Gasteiger partial charge < -0.3 is 11.1 Å². The summed E-state index contributed by atoms with van der Waals surface area (Å²) in [6.45, 7) is 0. The normalized spacial score (nSPS) is 11.5. The van der Waals surface area contributed by atoms with Crippen LogP contribution in [0.4, 0.5) is 23.7 Å². The number of hydrogen-bond donors (Lipinski definition) is 3. The molecule has 4 aromatic carbocycles. The van der Waals surface area contributed by atoms with Crippen molar-refractivity contribution in [2.45, 2.75) is 6.18 Å². The lowest BCUT2D eigenvalue weighted by molar-refractivity contribution is -0.137. The van der Waals surface area contributed by atoms with E-state index in [1.807, 2.05) is 42.5 Å². The lowest BCUT2D eigenvalue weighted by Crippen LogP contribution is -2.20. The number of H-pyrrole nitrogens is 1. The number of urea groups is 1. The molecule has 0 aliphatic rings. The Hall–Kier alpha value is -4.73. The monoisotopic (exact) mass is 474 g/mol. The molecule has 174 valence electrons. The number of hydrogen-bond acceptors (Lipinski definition) is 4. The summed E-state index contributed by atoms with van der Waals surface area (Å²) in [7, 11) is 0. The first-order chi connectivity index (χ1) is 16.8. The van der Waals surface area contributed by atoms with Gasteiger partial charge in [0.1, 0.15) is 0 Å². The minimum atomic E-state index is -4.64. The van der Waals surface area contributed by atoms with Crippen molar-refractivity contribution >= 4 is 22.5 Å². The number of fused-ring (bicyclic) bond motifs is 1. The number of halogens is 3. The van der Waals surface area contributed by atoms with Crippen molar-refractivity contribution in [3.63, 3.8) is 0 Å². The number of nitrogens with zero attached hydrogens (tertiary/aromatic N) is 3. The SMILES string of the molecule is NC(=O)Nc1ccc(-c2cccc3ccccc23)c(-c2ccccc2C(F)(F)F)c1-c1nn[nH]n1. The van der Waals surface area contributed by atoms with Gasteiger partial charge >= 0.3 is 12.2 Å². The van der Waals surface area contributed by atoms with Gasteiger partial charge in [-0.1, -0.05) is 66.7 Å². The number of amides is 2. The third-order valence-electron chi connectivity index (χ3n) is 5.61. The minimum absolute atomic E-state index is 0.00261.